The minimum absolute atomic E-state index is 0.0836. The van der Waals surface area contributed by atoms with Crippen LogP contribution in [-0.4, -0.2) is 33.5 Å². The third-order valence-corrected chi connectivity index (χ3v) is 6.25. The number of aromatic nitrogens is 2. The molecule has 1 fully saturated rings. The summed E-state index contributed by atoms with van der Waals surface area (Å²) in [4.78, 5) is 33.8. The first kappa shape index (κ1) is 22.1. The summed E-state index contributed by atoms with van der Waals surface area (Å²) in [5.74, 6) is 1.43. The van der Waals surface area contributed by atoms with E-state index >= 15 is 0 Å². The Labute approximate surface area is 188 Å². The van der Waals surface area contributed by atoms with Crippen molar-refractivity contribution in [1.82, 2.24) is 14.5 Å². The number of carbonyl (C=O) groups is 1. The summed E-state index contributed by atoms with van der Waals surface area (Å²) in [7, 11) is 0. The van der Waals surface area contributed by atoms with Gasteiger partial charge in [0, 0.05) is 12.5 Å². The minimum atomic E-state index is -0.352. The summed E-state index contributed by atoms with van der Waals surface area (Å²) in [5, 5.41) is 0.544. The molecule has 168 valence electrons. The van der Waals surface area contributed by atoms with Gasteiger partial charge in [-0.15, -0.1) is 0 Å². The highest BCUT2D eigenvalue weighted by molar-refractivity contribution is 5.81. The molecule has 1 aliphatic carbocycles. The molecule has 6 heteroatoms. The maximum Gasteiger partial charge on any atom is 0.266 e. The van der Waals surface area contributed by atoms with Gasteiger partial charge < -0.3 is 9.64 Å². The van der Waals surface area contributed by atoms with Gasteiger partial charge >= 0.3 is 0 Å². The van der Waals surface area contributed by atoms with E-state index in [-0.39, 0.29) is 23.4 Å². The van der Waals surface area contributed by atoms with Crippen molar-refractivity contribution >= 4 is 16.8 Å². The van der Waals surface area contributed by atoms with Gasteiger partial charge in [0.25, 0.3) is 5.56 Å². The molecule has 1 saturated carbocycles. The lowest BCUT2D eigenvalue weighted by atomic mass is 9.84. The van der Waals surface area contributed by atoms with Crippen LogP contribution in [0.2, 0.25) is 0 Å². The van der Waals surface area contributed by atoms with Crippen LogP contribution in [0.25, 0.3) is 16.6 Å². The molecule has 0 aliphatic heterocycles. The quantitative estimate of drug-likeness (QED) is 0.508. The maximum atomic E-state index is 13.7. The normalized spacial score (nSPS) is 14.7. The number of nitrogens with zero attached hydrogens (tertiary/aromatic N) is 3. The predicted octanol–water partition coefficient (Wildman–Crippen LogP) is 4.88. The van der Waals surface area contributed by atoms with Crippen molar-refractivity contribution in [3.63, 3.8) is 0 Å². The van der Waals surface area contributed by atoms with Gasteiger partial charge in [0.1, 0.15) is 11.6 Å². The lowest BCUT2D eigenvalue weighted by Crippen LogP contribution is -2.42. The second-order valence-corrected chi connectivity index (χ2v) is 8.36. The first-order valence-electron chi connectivity index (χ1n) is 11.6. The van der Waals surface area contributed by atoms with Crippen LogP contribution >= 0.6 is 0 Å². The van der Waals surface area contributed by atoms with Crippen LogP contribution in [0.3, 0.4) is 0 Å². The first-order chi connectivity index (χ1) is 15.6. The molecule has 32 heavy (non-hydrogen) atoms. The number of hydrogen-bond donors (Lipinski definition) is 0. The van der Waals surface area contributed by atoms with Gasteiger partial charge in [-0.25, -0.2) is 4.98 Å². The highest BCUT2D eigenvalue weighted by Crippen LogP contribution is 2.33. The fourth-order valence-corrected chi connectivity index (χ4v) is 4.35. The van der Waals surface area contributed by atoms with E-state index in [1.807, 2.05) is 61.2 Å². The number of hydrogen-bond acceptors (Lipinski definition) is 4. The second-order valence-electron chi connectivity index (χ2n) is 8.36. The van der Waals surface area contributed by atoms with Crippen LogP contribution in [0, 0.1) is 5.92 Å². The standard InChI is InChI=1S/C26H31N3O3/c1-4-17-28(25(30)19-11-10-12-19)18(3)24-27-21-14-7-6-13-20(21)26(31)29(24)22-15-8-9-16-23(22)32-5-2/h6-9,13-16,18-19H,4-5,10-12,17H2,1-3H3. The molecule has 1 aliphatic rings. The Kier molecular flexibility index (Phi) is 6.58. The summed E-state index contributed by atoms with van der Waals surface area (Å²) >= 11 is 0. The van der Waals surface area contributed by atoms with E-state index in [2.05, 4.69) is 6.92 Å². The fraction of sp³-hybridized carbons (Fsp3) is 0.423. The van der Waals surface area contributed by atoms with E-state index in [9.17, 15) is 9.59 Å². The van der Waals surface area contributed by atoms with Crippen molar-refractivity contribution < 1.29 is 9.53 Å². The molecule has 0 radical (unpaired) electrons. The monoisotopic (exact) mass is 433 g/mol. The Morgan fingerprint density at radius 1 is 1.16 bits per heavy atom. The van der Waals surface area contributed by atoms with Crippen molar-refractivity contribution in [3.05, 3.63) is 64.7 Å². The molecule has 4 rings (SSSR count). The lowest BCUT2D eigenvalue weighted by Gasteiger charge is -2.36. The van der Waals surface area contributed by atoms with E-state index in [1.54, 1.807) is 10.6 Å². The van der Waals surface area contributed by atoms with Gasteiger partial charge in [-0.1, -0.05) is 37.6 Å². The predicted molar refractivity (Wildman–Crippen MR) is 126 cm³/mol. The van der Waals surface area contributed by atoms with Gasteiger partial charge in [-0.05, 0) is 57.4 Å². The molecule has 6 nitrogen and oxygen atoms in total. The Morgan fingerprint density at radius 3 is 2.56 bits per heavy atom. The van der Waals surface area contributed by atoms with E-state index in [1.165, 1.54) is 0 Å². The summed E-state index contributed by atoms with van der Waals surface area (Å²) in [6.45, 7) is 7.08. The first-order valence-corrected chi connectivity index (χ1v) is 11.6. The average Bonchev–Trinajstić information content (AvgIpc) is 2.76. The van der Waals surface area contributed by atoms with Crippen LogP contribution in [0.5, 0.6) is 5.75 Å². The number of ether oxygens (including phenoxy) is 1. The molecule has 1 heterocycles. The number of amides is 1. The molecule has 0 saturated heterocycles. The SMILES string of the molecule is CCCN(C(=O)C1CCC1)C(C)c1nc2ccccc2c(=O)n1-c1ccccc1OCC. The lowest BCUT2D eigenvalue weighted by molar-refractivity contribution is -0.140. The Bertz CT molecular complexity index is 1170. The van der Waals surface area contributed by atoms with Crippen molar-refractivity contribution in [2.45, 2.75) is 52.5 Å². The van der Waals surface area contributed by atoms with Crippen molar-refractivity contribution in [2.75, 3.05) is 13.2 Å². The zero-order valence-electron chi connectivity index (χ0n) is 19.1. The van der Waals surface area contributed by atoms with E-state index < -0.39 is 0 Å². The molecule has 3 aromatic rings. The smallest absolute Gasteiger partial charge is 0.266 e. The van der Waals surface area contributed by atoms with Gasteiger partial charge in [-0.3, -0.25) is 14.2 Å². The number of carbonyl (C=O) groups excluding carboxylic acids is 1. The molecule has 2 aromatic carbocycles. The summed E-state index contributed by atoms with van der Waals surface area (Å²) < 4.78 is 7.48. The van der Waals surface area contributed by atoms with E-state index in [0.717, 1.165) is 25.7 Å². The Balaban J connectivity index is 1.92. The molecule has 0 N–H and O–H groups in total. The van der Waals surface area contributed by atoms with Crippen molar-refractivity contribution in [3.8, 4) is 11.4 Å². The Morgan fingerprint density at radius 2 is 1.88 bits per heavy atom. The zero-order chi connectivity index (χ0) is 22.7. The zero-order valence-corrected chi connectivity index (χ0v) is 19.1. The van der Waals surface area contributed by atoms with Gasteiger partial charge in [0.05, 0.1) is 29.2 Å². The maximum absolute atomic E-state index is 13.7. The third kappa shape index (κ3) is 4.01. The number of fused-ring (bicyclic) bond motifs is 1. The Hall–Kier alpha value is -3.15. The second kappa shape index (κ2) is 9.55. The van der Waals surface area contributed by atoms with Crippen LogP contribution in [0.15, 0.2) is 53.3 Å². The van der Waals surface area contributed by atoms with Crippen molar-refractivity contribution in [2.24, 2.45) is 5.92 Å². The summed E-state index contributed by atoms with van der Waals surface area (Å²) in [6, 6.07) is 14.5. The summed E-state index contributed by atoms with van der Waals surface area (Å²) in [6.07, 6.45) is 3.83. The minimum Gasteiger partial charge on any atom is -0.492 e. The highest BCUT2D eigenvalue weighted by atomic mass is 16.5. The molecule has 1 amide bonds. The van der Waals surface area contributed by atoms with Crippen LogP contribution in [0.1, 0.15) is 58.3 Å². The molecule has 1 unspecified atom stereocenters. The average molecular weight is 434 g/mol. The molecular formula is C26H31N3O3. The number of benzene rings is 2. The highest BCUT2D eigenvalue weighted by Gasteiger charge is 2.34. The topological polar surface area (TPSA) is 64.4 Å². The van der Waals surface area contributed by atoms with E-state index in [4.69, 9.17) is 9.72 Å². The molecule has 1 aromatic heterocycles. The molecular weight excluding hydrogens is 402 g/mol. The van der Waals surface area contributed by atoms with Crippen LogP contribution in [0.4, 0.5) is 0 Å². The fourth-order valence-electron chi connectivity index (χ4n) is 4.35. The van der Waals surface area contributed by atoms with Gasteiger partial charge in [-0.2, -0.15) is 0 Å². The molecule has 0 bridgehead atoms. The van der Waals surface area contributed by atoms with Crippen LogP contribution in [-0.2, 0) is 4.79 Å². The van der Waals surface area contributed by atoms with Gasteiger partial charge in [0.2, 0.25) is 5.91 Å². The largest absolute Gasteiger partial charge is 0.492 e. The van der Waals surface area contributed by atoms with Crippen molar-refractivity contribution in [1.29, 1.82) is 0 Å². The van der Waals surface area contributed by atoms with Crippen LogP contribution < -0.4 is 10.3 Å². The van der Waals surface area contributed by atoms with E-state index in [0.29, 0.717) is 41.3 Å². The molecule has 0 spiro atoms. The van der Waals surface area contributed by atoms with Gasteiger partial charge in [0.15, 0.2) is 0 Å². The summed E-state index contributed by atoms with van der Waals surface area (Å²) in [5.41, 5.74) is 1.13. The number of rotatable bonds is 8. The number of para-hydroxylation sites is 3. The third-order valence-electron chi connectivity index (χ3n) is 6.25. The molecule has 1 atom stereocenters.